The van der Waals surface area contributed by atoms with Gasteiger partial charge in [0.05, 0.1) is 6.54 Å². The molecular weight excluding hydrogens is 152 g/mol. The molecule has 0 N–H and O–H groups in total. The number of nitrogens with zero attached hydrogens (tertiary/aromatic N) is 2. The van der Waals surface area contributed by atoms with Gasteiger partial charge in [0.15, 0.2) is 5.78 Å². The zero-order chi connectivity index (χ0) is 9.14. The van der Waals surface area contributed by atoms with Crippen molar-refractivity contribution in [2.45, 2.75) is 20.4 Å². The highest BCUT2D eigenvalue weighted by molar-refractivity contribution is 5.91. The lowest BCUT2D eigenvalue weighted by molar-refractivity contribution is 0.101. The number of ketones is 1. The Labute approximate surface area is 71.7 Å². The number of allylic oxidation sites excluding steroid dienone is 1. The predicted molar refractivity (Wildman–Crippen MR) is 47.0 cm³/mol. The Morgan fingerprint density at radius 1 is 1.67 bits per heavy atom. The Kier molecular flexibility index (Phi) is 2.43. The fraction of sp³-hybridized carbons (Fsp3) is 0.333. The number of aromatic nitrogens is 2. The van der Waals surface area contributed by atoms with E-state index in [4.69, 9.17) is 0 Å². The van der Waals surface area contributed by atoms with E-state index in [-0.39, 0.29) is 5.78 Å². The van der Waals surface area contributed by atoms with Crippen molar-refractivity contribution in [1.29, 1.82) is 0 Å². The Morgan fingerprint density at radius 3 is 2.75 bits per heavy atom. The predicted octanol–water partition coefficient (Wildman–Crippen LogP) is 1.66. The van der Waals surface area contributed by atoms with E-state index in [0.717, 1.165) is 5.57 Å². The van der Waals surface area contributed by atoms with Crippen LogP contribution in [-0.4, -0.2) is 15.6 Å². The third-order valence-corrected chi connectivity index (χ3v) is 1.43. The molecule has 1 aromatic heterocycles. The van der Waals surface area contributed by atoms with E-state index in [2.05, 4.69) is 11.7 Å². The highest BCUT2D eigenvalue weighted by Gasteiger charge is 2.02. The van der Waals surface area contributed by atoms with Crippen LogP contribution in [0.2, 0.25) is 0 Å². The molecule has 0 unspecified atom stereocenters. The molecule has 1 heterocycles. The second-order valence-electron chi connectivity index (χ2n) is 2.91. The monoisotopic (exact) mass is 164 g/mol. The highest BCUT2D eigenvalue weighted by Crippen LogP contribution is 1.99. The summed E-state index contributed by atoms with van der Waals surface area (Å²) >= 11 is 0. The van der Waals surface area contributed by atoms with E-state index in [9.17, 15) is 4.79 Å². The summed E-state index contributed by atoms with van der Waals surface area (Å²) in [4.78, 5) is 10.8. The second kappa shape index (κ2) is 3.34. The molecule has 0 aliphatic rings. The number of rotatable bonds is 3. The van der Waals surface area contributed by atoms with Crippen molar-refractivity contribution in [2.75, 3.05) is 0 Å². The largest absolute Gasteiger partial charge is 0.293 e. The zero-order valence-electron chi connectivity index (χ0n) is 7.37. The standard InChI is InChI=1S/C9H12N2O/c1-7(2)6-11-5-4-9(10-11)8(3)12/h4-5H,1,6H2,2-3H3. The smallest absolute Gasteiger partial charge is 0.179 e. The van der Waals surface area contributed by atoms with E-state index >= 15 is 0 Å². The molecule has 0 aliphatic carbocycles. The van der Waals surface area contributed by atoms with Gasteiger partial charge in [-0.2, -0.15) is 5.10 Å². The normalized spacial score (nSPS) is 9.83. The quantitative estimate of drug-likeness (QED) is 0.503. The van der Waals surface area contributed by atoms with Crippen LogP contribution in [0.1, 0.15) is 24.3 Å². The third-order valence-electron chi connectivity index (χ3n) is 1.43. The van der Waals surface area contributed by atoms with Gasteiger partial charge in [0.2, 0.25) is 0 Å². The highest BCUT2D eigenvalue weighted by atomic mass is 16.1. The van der Waals surface area contributed by atoms with E-state index in [1.807, 2.05) is 6.92 Å². The molecule has 12 heavy (non-hydrogen) atoms. The minimum absolute atomic E-state index is 0.00420. The molecule has 0 saturated heterocycles. The van der Waals surface area contributed by atoms with Gasteiger partial charge in [-0.1, -0.05) is 12.2 Å². The van der Waals surface area contributed by atoms with Crippen LogP contribution in [0.5, 0.6) is 0 Å². The van der Waals surface area contributed by atoms with E-state index in [1.54, 1.807) is 16.9 Å². The minimum atomic E-state index is -0.00420. The molecule has 1 aromatic rings. The van der Waals surface area contributed by atoms with Gasteiger partial charge in [-0.25, -0.2) is 0 Å². The summed E-state index contributed by atoms with van der Waals surface area (Å²) in [6.07, 6.45) is 1.78. The molecule has 0 saturated carbocycles. The van der Waals surface area contributed by atoms with E-state index in [0.29, 0.717) is 12.2 Å². The Bertz CT molecular complexity index is 312. The Hall–Kier alpha value is -1.38. The molecule has 3 heteroatoms. The summed E-state index contributed by atoms with van der Waals surface area (Å²) in [6.45, 7) is 7.87. The zero-order valence-corrected chi connectivity index (χ0v) is 7.37. The maximum atomic E-state index is 10.8. The molecular formula is C9H12N2O. The molecule has 0 bridgehead atoms. The van der Waals surface area contributed by atoms with Crippen LogP contribution >= 0.6 is 0 Å². The molecule has 0 atom stereocenters. The fourth-order valence-corrected chi connectivity index (χ4v) is 0.914. The van der Waals surface area contributed by atoms with Crippen LogP contribution < -0.4 is 0 Å². The fourth-order valence-electron chi connectivity index (χ4n) is 0.914. The molecule has 0 amide bonds. The minimum Gasteiger partial charge on any atom is -0.293 e. The Balaban J connectivity index is 2.77. The molecule has 64 valence electrons. The number of carbonyl (C=O) groups is 1. The first kappa shape index (κ1) is 8.71. The number of carbonyl (C=O) groups excluding carboxylic acids is 1. The van der Waals surface area contributed by atoms with Gasteiger partial charge in [0.25, 0.3) is 0 Å². The van der Waals surface area contributed by atoms with Crippen molar-refractivity contribution < 1.29 is 4.79 Å². The molecule has 0 spiro atoms. The van der Waals surface area contributed by atoms with Gasteiger partial charge in [-0.3, -0.25) is 9.48 Å². The van der Waals surface area contributed by atoms with Crippen LogP contribution in [0.3, 0.4) is 0 Å². The summed E-state index contributed by atoms with van der Waals surface area (Å²) < 4.78 is 1.71. The maximum absolute atomic E-state index is 10.8. The first-order valence-corrected chi connectivity index (χ1v) is 3.78. The lowest BCUT2D eigenvalue weighted by atomic mass is 10.3. The van der Waals surface area contributed by atoms with Gasteiger partial charge < -0.3 is 0 Å². The van der Waals surface area contributed by atoms with Crippen molar-refractivity contribution in [2.24, 2.45) is 0 Å². The lowest BCUT2D eigenvalue weighted by Gasteiger charge is -1.97. The summed E-state index contributed by atoms with van der Waals surface area (Å²) in [5.74, 6) is -0.00420. The summed E-state index contributed by atoms with van der Waals surface area (Å²) in [7, 11) is 0. The van der Waals surface area contributed by atoms with Gasteiger partial charge in [0, 0.05) is 13.1 Å². The van der Waals surface area contributed by atoms with Crippen LogP contribution in [0.15, 0.2) is 24.4 Å². The van der Waals surface area contributed by atoms with Gasteiger partial charge in [-0.15, -0.1) is 0 Å². The van der Waals surface area contributed by atoms with E-state index < -0.39 is 0 Å². The van der Waals surface area contributed by atoms with Gasteiger partial charge >= 0.3 is 0 Å². The number of hydrogen-bond donors (Lipinski definition) is 0. The third kappa shape index (κ3) is 2.05. The SMILES string of the molecule is C=C(C)Cn1ccc(C(C)=O)n1. The molecule has 0 aromatic carbocycles. The van der Waals surface area contributed by atoms with Crippen LogP contribution in [0.4, 0.5) is 0 Å². The van der Waals surface area contributed by atoms with Gasteiger partial charge in [-0.05, 0) is 13.0 Å². The second-order valence-corrected chi connectivity index (χ2v) is 2.91. The van der Waals surface area contributed by atoms with Crippen molar-refractivity contribution in [1.82, 2.24) is 9.78 Å². The molecule has 0 aliphatic heterocycles. The summed E-state index contributed by atoms with van der Waals surface area (Å²) in [5.41, 5.74) is 1.53. The van der Waals surface area contributed by atoms with Crippen LogP contribution in [0, 0.1) is 0 Å². The van der Waals surface area contributed by atoms with Crippen molar-refractivity contribution in [3.63, 3.8) is 0 Å². The molecule has 1 rings (SSSR count). The Morgan fingerprint density at radius 2 is 2.33 bits per heavy atom. The van der Waals surface area contributed by atoms with Crippen molar-refractivity contribution >= 4 is 5.78 Å². The number of Topliss-reactive ketones (excluding diaryl/α,β-unsaturated/α-hetero) is 1. The molecule has 0 fully saturated rings. The molecule has 3 nitrogen and oxygen atoms in total. The maximum Gasteiger partial charge on any atom is 0.179 e. The van der Waals surface area contributed by atoms with Gasteiger partial charge in [0.1, 0.15) is 5.69 Å². The lowest BCUT2D eigenvalue weighted by Crippen LogP contribution is -2.01. The van der Waals surface area contributed by atoms with Crippen LogP contribution in [-0.2, 0) is 6.54 Å². The first-order chi connectivity index (χ1) is 5.59. The topological polar surface area (TPSA) is 34.9 Å². The number of hydrogen-bond acceptors (Lipinski definition) is 2. The van der Waals surface area contributed by atoms with Crippen molar-refractivity contribution in [3.05, 3.63) is 30.1 Å². The average Bonchev–Trinajstić information content (AvgIpc) is 2.34. The van der Waals surface area contributed by atoms with Crippen molar-refractivity contribution in [3.8, 4) is 0 Å². The van der Waals surface area contributed by atoms with Crippen LogP contribution in [0.25, 0.3) is 0 Å². The van der Waals surface area contributed by atoms with E-state index in [1.165, 1.54) is 6.92 Å². The summed E-state index contributed by atoms with van der Waals surface area (Å²) in [5, 5.41) is 4.06. The summed E-state index contributed by atoms with van der Waals surface area (Å²) in [6, 6.07) is 1.71. The first-order valence-electron chi connectivity index (χ1n) is 3.78. The average molecular weight is 164 g/mol. The molecule has 0 radical (unpaired) electrons.